The first-order valence-electron chi connectivity index (χ1n) is 10.4. The van der Waals surface area contributed by atoms with E-state index in [1.54, 1.807) is 19.1 Å². The van der Waals surface area contributed by atoms with E-state index in [1.165, 1.54) is 23.9 Å². The molecule has 0 saturated carbocycles. The van der Waals surface area contributed by atoms with Gasteiger partial charge in [0, 0.05) is 23.9 Å². The predicted molar refractivity (Wildman–Crippen MR) is 122 cm³/mol. The third-order valence-corrected chi connectivity index (χ3v) is 4.36. The largest absolute Gasteiger partial charge is 0.493 e. The Morgan fingerprint density at radius 1 is 1.12 bits per heavy atom. The van der Waals surface area contributed by atoms with Crippen molar-refractivity contribution in [1.82, 2.24) is 14.5 Å². The maximum atomic E-state index is 13.8. The second kappa shape index (κ2) is 11.8. The molecule has 0 atom stereocenters. The van der Waals surface area contributed by atoms with Crippen molar-refractivity contribution in [2.24, 2.45) is 0 Å². The number of rotatable bonds is 8. The maximum Gasteiger partial charge on any atom is 0.259 e. The molecule has 9 heteroatoms. The Hall–Kier alpha value is -3.75. The summed E-state index contributed by atoms with van der Waals surface area (Å²) in [5.41, 5.74) is 0.974. The minimum atomic E-state index is -0.825. The molecule has 3 aromatic heterocycles. The number of ether oxygens (including phenoxy) is 3. The summed E-state index contributed by atoms with van der Waals surface area (Å²) in [6, 6.07) is 5.23. The molecule has 0 spiro atoms. The van der Waals surface area contributed by atoms with Crippen molar-refractivity contribution < 1.29 is 23.0 Å². The molecule has 0 N–H and O–H groups in total. The van der Waals surface area contributed by atoms with Gasteiger partial charge in [-0.1, -0.05) is 20.4 Å². The lowest BCUT2D eigenvalue weighted by Crippen LogP contribution is -2.21. The number of hydrogen-bond acceptors (Lipinski definition) is 6. The molecule has 3 heterocycles. The minimum Gasteiger partial charge on any atom is -0.493 e. The summed E-state index contributed by atoms with van der Waals surface area (Å²) in [5.74, 6) is -0.641. The van der Waals surface area contributed by atoms with E-state index in [0.29, 0.717) is 35.2 Å². The van der Waals surface area contributed by atoms with Gasteiger partial charge in [0.25, 0.3) is 5.56 Å². The lowest BCUT2D eigenvalue weighted by molar-refractivity contribution is 0.292. The number of methoxy groups -OCH3 is 1. The van der Waals surface area contributed by atoms with Crippen molar-refractivity contribution in [2.45, 2.75) is 34.3 Å². The van der Waals surface area contributed by atoms with Crippen molar-refractivity contribution in [3.63, 3.8) is 0 Å². The van der Waals surface area contributed by atoms with Gasteiger partial charge in [-0.15, -0.1) is 0 Å². The van der Waals surface area contributed by atoms with Crippen molar-refractivity contribution >= 4 is 5.76 Å². The Balaban J connectivity index is 0.00000187. The van der Waals surface area contributed by atoms with Crippen LogP contribution in [0.4, 0.5) is 8.78 Å². The zero-order valence-electron chi connectivity index (χ0n) is 19.3. The van der Waals surface area contributed by atoms with Crippen LogP contribution in [-0.4, -0.2) is 28.3 Å². The highest BCUT2D eigenvalue weighted by molar-refractivity contribution is 5.60. The molecule has 3 rings (SSSR count). The molecule has 0 fully saturated rings. The van der Waals surface area contributed by atoms with Crippen LogP contribution >= 0.6 is 0 Å². The molecular formula is C24H27F2N3O4. The van der Waals surface area contributed by atoms with Crippen LogP contribution in [0.3, 0.4) is 0 Å². The lowest BCUT2D eigenvalue weighted by atomic mass is 10.2. The van der Waals surface area contributed by atoms with Gasteiger partial charge in [-0.25, -0.2) is 13.8 Å². The van der Waals surface area contributed by atoms with Gasteiger partial charge in [0.1, 0.15) is 35.3 Å². The molecule has 0 aliphatic carbocycles. The number of nitrogens with zero attached hydrogens (tertiary/aromatic N) is 3. The van der Waals surface area contributed by atoms with Gasteiger partial charge in [-0.2, -0.15) is 0 Å². The van der Waals surface area contributed by atoms with Crippen LogP contribution < -0.4 is 15.0 Å². The molecule has 7 nitrogen and oxygen atoms in total. The first-order valence-corrected chi connectivity index (χ1v) is 10.4. The molecule has 0 aliphatic rings. The summed E-state index contributed by atoms with van der Waals surface area (Å²) in [4.78, 5) is 20.8. The van der Waals surface area contributed by atoms with Crippen molar-refractivity contribution in [1.29, 1.82) is 0 Å². The monoisotopic (exact) mass is 459 g/mol. The lowest BCUT2D eigenvalue weighted by Gasteiger charge is -2.16. The number of hydrogen-bond donors (Lipinski definition) is 0. The van der Waals surface area contributed by atoms with Crippen LogP contribution in [0.2, 0.25) is 0 Å². The maximum absolute atomic E-state index is 13.8. The summed E-state index contributed by atoms with van der Waals surface area (Å²) < 4.78 is 44.4. The number of pyridine rings is 3. The molecule has 0 unspecified atom stereocenters. The van der Waals surface area contributed by atoms with Gasteiger partial charge in [0.15, 0.2) is 11.6 Å². The van der Waals surface area contributed by atoms with E-state index < -0.39 is 17.2 Å². The predicted octanol–water partition coefficient (Wildman–Crippen LogP) is 4.84. The molecule has 33 heavy (non-hydrogen) atoms. The fourth-order valence-corrected chi connectivity index (χ4v) is 2.93. The fraction of sp³-hybridized carbons (Fsp3) is 0.292. The van der Waals surface area contributed by atoms with Crippen LogP contribution in [0.1, 0.15) is 37.9 Å². The Bertz CT molecular complexity index is 1180. The standard InChI is InChI=1S/C22H21F2N3O4.C2H6/c1-5-30-14(3)18-9-20(21(29-4)11-26-18)27-13(2)6-16(8-22(27)28)31-12-19-17(24)7-15(23)10-25-19;1-2/h6-11H,3,5,12H2,1-2,4H3;1-2H3. The van der Waals surface area contributed by atoms with Crippen molar-refractivity contribution in [3.05, 3.63) is 82.3 Å². The van der Waals surface area contributed by atoms with E-state index in [4.69, 9.17) is 14.2 Å². The highest BCUT2D eigenvalue weighted by Gasteiger charge is 2.15. The van der Waals surface area contributed by atoms with Gasteiger partial charge < -0.3 is 14.2 Å². The van der Waals surface area contributed by atoms with E-state index in [9.17, 15) is 13.6 Å². The van der Waals surface area contributed by atoms with Crippen LogP contribution in [0, 0.1) is 18.6 Å². The summed E-state index contributed by atoms with van der Waals surface area (Å²) in [6.07, 6.45) is 2.38. The number of aryl methyl sites for hydroxylation is 1. The normalized spacial score (nSPS) is 10.2. The molecule has 0 aliphatic heterocycles. The molecule has 0 aromatic carbocycles. The van der Waals surface area contributed by atoms with Gasteiger partial charge in [0.05, 0.1) is 31.8 Å². The van der Waals surface area contributed by atoms with Crippen molar-refractivity contribution in [3.8, 4) is 17.2 Å². The van der Waals surface area contributed by atoms with E-state index in [-0.39, 0.29) is 18.1 Å². The highest BCUT2D eigenvalue weighted by atomic mass is 19.1. The zero-order valence-corrected chi connectivity index (χ0v) is 19.3. The average Bonchev–Trinajstić information content (AvgIpc) is 2.79. The van der Waals surface area contributed by atoms with E-state index >= 15 is 0 Å². The minimum absolute atomic E-state index is 0.0712. The zero-order chi connectivity index (χ0) is 24.5. The summed E-state index contributed by atoms with van der Waals surface area (Å²) in [5, 5.41) is 0. The molecule has 176 valence electrons. The van der Waals surface area contributed by atoms with Crippen molar-refractivity contribution in [2.75, 3.05) is 13.7 Å². The smallest absolute Gasteiger partial charge is 0.259 e. The summed E-state index contributed by atoms with van der Waals surface area (Å²) in [6.45, 7) is 11.5. The second-order valence-electron chi connectivity index (χ2n) is 6.47. The fourth-order valence-electron chi connectivity index (χ4n) is 2.93. The third kappa shape index (κ3) is 6.15. The number of halogens is 2. The van der Waals surface area contributed by atoms with Crippen LogP contribution in [0.5, 0.6) is 11.5 Å². The molecule has 0 amide bonds. The van der Waals surface area contributed by atoms with Crippen LogP contribution in [0.25, 0.3) is 11.4 Å². The van der Waals surface area contributed by atoms with Crippen LogP contribution in [0.15, 0.2) is 48.0 Å². The quantitative estimate of drug-likeness (QED) is 0.449. The van der Waals surface area contributed by atoms with Gasteiger partial charge >= 0.3 is 0 Å². The first-order chi connectivity index (χ1) is 15.8. The molecule has 3 aromatic rings. The van der Waals surface area contributed by atoms with E-state index in [1.807, 2.05) is 20.8 Å². The second-order valence-corrected chi connectivity index (χ2v) is 6.47. The Kier molecular flexibility index (Phi) is 9.08. The molecule has 0 saturated heterocycles. The molecule has 0 radical (unpaired) electrons. The molecule has 0 bridgehead atoms. The van der Waals surface area contributed by atoms with Crippen LogP contribution in [-0.2, 0) is 11.3 Å². The number of aromatic nitrogens is 3. The molecular weight excluding hydrogens is 432 g/mol. The first kappa shape index (κ1) is 25.5. The van der Waals surface area contributed by atoms with Gasteiger partial charge in [-0.05, 0) is 19.9 Å². The van der Waals surface area contributed by atoms with E-state index in [0.717, 1.165) is 12.3 Å². The SMILES string of the molecule is C=C(OCC)c1cc(-n2c(C)cc(OCc3ncc(F)cc3F)cc2=O)c(OC)cn1.CC. The topological polar surface area (TPSA) is 75.5 Å². The average molecular weight is 459 g/mol. The highest BCUT2D eigenvalue weighted by Crippen LogP contribution is 2.26. The summed E-state index contributed by atoms with van der Waals surface area (Å²) >= 11 is 0. The Morgan fingerprint density at radius 3 is 2.45 bits per heavy atom. The Morgan fingerprint density at radius 2 is 1.85 bits per heavy atom. The third-order valence-electron chi connectivity index (χ3n) is 4.36. The van der Waals surface area contributed by atoms with Gasteiger partial charge in [-0.3, -0.25) is 14.3 Å². The Labute approximate surface area is 191 Å². The van der Waals surface area contributed by atoms with Gasteiger partial charge in [0.2, 0.25) is 0 Å². The van der Waals surface area contributed by atoms with E-state index in [2.05, 4.69) is 16.5 Å². The summed E-state index contributed by atoms with van der Waals surface area (Å²) in [7, 11) is 1.47.